The Morgan fingerprint density at radius 2 is 1.85 bits per heavy atom. The van der Waals surface area contributed by atoms with Gasteiger partial charge in [-0.05, 0) is 24.3 Å². The number of halogens is 4. The van der Waals surface area contributed by atoms with Crippen LogP contribution in [-0.2, 0) is 0 Å². The normalized spacial score (nSPS) is 17.2. The summed E-state index contributed by atoms with van der Waals surface area (Å²) in [6.07, 6.45) is 4.64. The molecule has 1 aromatic carbocycles. The minimum atomic E-state index is -1.88. The van der Waals surface area contributed by atoms with E-state index in [0.29, 0.717) is 16.3 Å². The number of aromatic nitrogens is 2. The van der Waals surface area contributed by atoms with Crippen molar-refractivity contribution < 1.29 is 4.79 Å². The van der Waals surface area contributed by atoms with Crippen molar-refractivity contribution in [3.05, 3.63) is 53.6 Å². The van der Waals surface area contributed by atoms with Gasteiger partial charge in [0, 0.05) is 10.6 Å². The second kappa shape index (κ2) is 7.92. The zero-order valence-electron chi connectivity index (χ0n) is 13.4. The van der Waals surface area contributed by atoms with Crippen LogP contribution >= 0.6 is 46.4 Å². The lowest BCUT2D eigenvalue weighted by molar-refractivity contribution is 0.0928. The Bertz CT molecular complexity index is 853. The predicted octanol–water partition coefficient (Wildman–Crippen LogP) is 2.65. The van der Waals surface area contributed by atoms with Gasteiger partial charge in [0.1, 0.15) is 12.5 Å². The molecule has 2 atom stereocenters. The molecule has 3 rings (SSSR count). The number of carbonyl (C=O) groups excluding carboxylic acids is 1. The van der Waals surface area contributed by atoms with E-state index in [9.17, 15) is 10.1 Å². The van der Waals surface area contributed by atoms with Crippen LogP contribution in [-0.4, -0.2) is 37.1 Å². The van der Waals surface area contributed by atoms with E-state index in [1.165, 1.54) is 28.7 Å². The van der Waals surface area contributed by atoms with Crippen molar-refractivity contribution in [3.63, 3.8) is 0 Å². The molecule has 1 aliphatic rings. The third kappa shape index (κ3) is 4.64. The minimum Gasteiger partial charge on any atom is -0.332 e. The largest absolute Gasteiger partial charge is 0.332 e. The first-order valence-corrected chi connectivity index (χ1v) is 8.95. The third-order valence-electron chi connectivity index (χ3n) is 3.58. The fraction of sp³-hybridized carbons (Fsp3) is 0.200. The number of anilines is 1. The predicted molar refractivity (Wildman–Crippen MR) is 102 cm³/mol. The summed E-state index contributed by atoms with van der Waals surface area (Å²) in [4.78, 5) is 20.2. The SMILES string of the molecule is N#CN1C(NC(NC(=O)c2ccc(Cl)cc2)C(Cl)(Cl)Cl)N1c1cncnc1. The van der Waals surface area contributed by atoms with E-state index >= 15 is 0 Å². The molecule has 1 aliphatic heterocycles. The van der Waals surface area contributed by atoms with Crippen molar-refractivity contribution in [1.29, 1.82) is 5.26 Å². The van der Waals surface area contributed by atoms with Gasteiger partial charge < -0.3 is 5.32 Å². The van der Waals surface area contributed by atoms with E-state index in [0.717, 1.165) is 0 Å². The molecule has 0 radical (unpaired) electrons. The summed E-state index contributed by atoms with van der Waals surface area (Å²) >= 11 is 23.8. The summed E-state index contributed by atoms with van der Waals surface area (Å²) < 4.78 is -1.88. The fourth-order valence-electron chi connectivity index (χ4n) is 2.27. The van der Waals surface area contributed by atoms with Crippen LogP contribution in [0, 0.1) is 11.5 Å². The molecular weight excluding hydrogens is 436 g/mol. The molecule has 1 fully saturated rings. The molecule has 2 aromatic rings. The van der Waals surface area contributed by atoms with Gasteiger partial charge in [-0.3, -0.25) is 10.1 Å². The van der Waals surface area contributed by atoms with Gasteiger partial charge in [-0.25, -0.2) is 15.0 Å². The van der Waals surface area contributed by atoms with Crippen LogP contribution in [0.5, 0.6) is 0 Å². The number of nitriles is 1. The highest BCUT2D eigenvalue weighted by Crippen LogP contribution is 2.34. The van der Waals surface area contributed by atoms with E-state index in [2.05, 4.69) is 20.6 Å². The summed E-state index contributed by atoms with van der Waals surface area (Å²) in [6.45, 7) is 0. The molecular formula is C15H11Cl4N7O. The number of benzene rings is 1. The van der Waals surface area contributed by atoms with Gasteiger partial charge in [0.25, 0.3) is 5.91 Å². The van der Waals surface area contributed by atoms with Crippen LogP contribution in [0.15, 0.2) is 43.0 Å². The Balaban J connectivity index is 1.73. The Labute approximate surface area is 174 Å². The molecule has 2 N–H and O–H groups in total. The molecule has 27 heavy (non-hydrogen) atoms. The zero-order chi connectivity index (χ0) is 19.6. The highest BCUT2D eigenvalue weighted by atomic mass is 35.6. The monoisotopic (exact) mass is 445 g/mol. The lowest BCUT2D eigenvalue weighted by Crippen LogP contribution is -2.55. The summed E-state index contributed by atoms with van der Waals surface area (Å²) in [5.74, 6) is -0.478. The Kier molecular flexibility index (Phi) is 5.79. The molecule has 1 aromatic heterocycles. The van der Waals surface area contributed by atoms with Crippen LogP contribution in [0.1, 0.15) is 10.4 Å². The number of rotatable bonds is 5. The minimum absolute atomic E-state index is 0.335. The molecule has 8 nitrogen and oxygen atoms in total. The number of carbonyl (C=O) groups is 1. The average molecular weight is 447 g/mol. The Morgan fingerprint density at radius 3 is 2.41 bits per heavy atom. The van der Waals surface area contributed by atoms with Crippen LogP contribution in [0.4, 0.5) is 5.69 Å². The first-order chi connectivity index (χ1) is 12.8. The number of nitrogens with zero attached hydrogens (tertiary/aromatic N) is 5. The molecule has 0 spiro atoms. The van der Waals surface area contributed by atoms with E-state index in [-0.39, 0.29) is 0 Å². The lowest BCUT2D eigenvalue weighted by atomic mass is 10.2. The molecule has 0 bridgehead atoms. The molecule has 1 amide bonds. The number of amides is 1. The van der Waals surface area contributed by atoms with E-state index in [1.54, 1.807) is 24.3 Å². The number of hydrogen-bond donors (Lipinski definition) is 2. The number of nitrogens with one attached hydrogen (secondary N) is 2. The maximum Gasteiger partial charge on any atom is 0.252 e. The molecule has 140 valence electrons. The van der Waals surface area contributed by atoms with Crippen molar-refractivity contribution >= 4 is 58.0 Å². The Hall–Kier alpha value is -2.02. The van der Waals surface area contributed by atoms with Crippen LogP contribution in [0.25, 0.3) is 0 Å². The van der Waals surface area contributed by atoms with Gasteiger partial charge in [0.2, 0.25) is 16.3 Å². The first-order valence-electron chi connectivity index (χ1n) is 7.43. The van der Waals surface area contributed by atoms with Gasteiger partial charge >= 0.3 is 0 Å². The van der Waals surface area contributed by atoms with E-state index in [4.69, 9.17) is 46.4 Å². The molecule has 12 heteroatoms. The molecule has 1 saturated heterocycles. The number of hydrogen-bond acceptors (Lipinski definition) is 7. The van der Waals surface area contributed by atoms with Crippen LogP contribution in [0.3, 0.4) is 0 Å². The van der Waals surface area contributed by atoms with Crippen LogP contribution in [0.2, 0.25) is 5.02 Å². The first kappa shape index (κ1) is 19.7. The summed E-state index contributed by atoms with van der Waals surface area (Å²) in [7, 11) is 0. The number of hydrazine groups is 1. The second-order valence-corrected chi connectivity index (χ2v) is 8.19. The maximum absolute atomic E-state index is 12.4. The highest BCUT2D eigenvalue weighted by molar-refractivity contribution is 6.68. The molecule has 2 unspecified atom stereocenters. The lowest BCUT2D eigenvalue weighted by Gasteiger charge is -2.26. The molecule has 0 aliphatic carbocycles. The molecule has 0 saturated carbocycles. The third-order valence-corrected chi connectivity index (χ3v) is 4.49. The fourth-order valence-corrected chi connectivity index (χ4v) is 2.75. The van der Waals surface area contributed by atoms with Crippen molar-refractivity contribution in [2.75, 3.05) is 5.01 Å². The van der Waals surface area contributed by atoms with Crippen LogP contribution < -0.4 is 15.6 Å². The van der Waals surface area contributed by atoms with Gasteiger partial charge in [-0.15, -0.1) is 0 Å². The smallest absolute Gasteiger partial charge is 0.252 e. The van der Waals surface area contributed by atoms with Gasteiger partial charge in [-0.1, -0.05) is 46.4 Å². The van der Waals surface area contributed by atoms with Crippen molar-refractivity contribution in [2.45, 2.75) is 16.2 Å². The zero-order valence-corrected chi connectivity index (χ0v) is 16.4. The van der Waals surface area contributed by atoms with E-state index in [1.807, 2.05) is 6.19 Å². The van der Waals surface area contributed by atoms with E-state index < -0.39 is 22.2 Å². The van der Waals surface area contributed by atoms with Gasteiger partial charge in [0.15, 0.2) is 0 Å². The maximum atomic E-state index is 12.4. The Morgan fingerprint density at radius 1 is 1.22 bits per heavy atom. The van der Waals surface area contributed by atoms with Gasteiger partial charge in [-0.2, -0.15) is 10.3 Å². The second-order valence-electron chi connectivity index (χ2n) is 5.38. The summed E-state index contributed by atoms with van der Waals surface area (Å²) in [6, 6.07) is 6.23. The highest BCUT2D eigenvalue weighted by Gasteiger charge is 2.50. The quantitative estimate of drug-likeness (QED) is 0.315. The standard InChI is InChI=1S/C15H11Cl4N7O/c16-10-3-1-9(2-4-10)12(27)23-13(15(17,18)19)24-14-25(7-20)26(14)11-5-21-8-22-6-11/h1-6,8,13-14,24H,(H,23,27). The summed E-state index contributed by atoms with van der Waals surface area (Å²) in [5, 5.41) is 18.1. The van der Waals surface area contributed by atoms with Crippen molar-refractivity contribution in [1.82, 2.24) is 25.6 Å². The summed E-state index contributed by atoms with van der Waals surface area (Å²) in [5.41, 5.74) is 0.894. The van der Waals surface area contributed by atoms with Gasteiger partial charge in [0.05, 0.1) is 18.1 Å². The molecule has 2 heterocycles. The average Bonchev–Trinajstić information content (AvgIpc) is 3.34. The topological polar surface area (TPSA) is 96.7 Å². The van der Waals surface area contributed by atoms with Crippen molar-refractivity contribution in [2.24, 2.45) is 0 Å². The van der Waals surface area contributed by atoms with Crippen molar-refractivity contribution in [3.8, 4) is 6.19 Å². The number of alkyl halides is 3.